The Morgan fingerprint density at radius 2 is 1.77 bits per heavy atom. The van der Waals surface area contributed by atoms with E-state index in [1.807, 2.05) is 19.1 Å². The van der Waals surface area contributed by atoms with E-state index in [2.05, 4.69) is 6.92 Å². The molecule has 5 nitrogen and oxygen atoms in total. The van der Waals surface area contributed by atoms with Crippen molar-refractivity contribution in [2.24, 2.45) is 5.92 Å². The Hall–Kier alpha value is -1.56. The number of rotatable bonds is 4. The monoisotopic (exact) mass is 324 g/mol. The Morgan fingerprint density at radius 1 is 1.23 bits per heavy atom. The topological polar surface area (TPSA) is 57.7 Å². The SMILES string of the molecule is Cc1ccc(N(CC(=O)N2CCC(C)CC2)S(C)(=O)=O)cc1. The van der Waals surface area contributed by atoms with Gasteiger partial charge >= 0.3 is 0 Å². The summed E-state index contributed by atoms with van der Waals surface area (Å²) in [6.07, 6.45) is 3.10. The molecule has 122 valence electrons. The van der Waals surface area contributed by atoms with Crippen LogP contribution >= 0.6 is 0 Å². The number of piperidine rings is 1. The molecule has 0 bridgehead atoms. The van der Waals surface area contributed by atoms with E-state index in [1.165, 1.54) is 4.31 Å². The molecule has 0 unspecified atom stereocenters. The number of amides is 1. The highest BCUT2D eigenvalue weighted by molar-refractivity contribution is 7.92. The number of carbonyl (C=O) groups is 1. The summed E-state index contributed by atoms with van der Waals surface area (Å²) in [7, 11) is -3.49. The van der Waals surface area contributed by atoms with Crippen LogP contribution in [0.25, 0.3) is 0 Å². The van der Waals surface area contributed by atoms with Crippen LogP contribution in [-0.4, -0.2) is 45.1 Å². The molecule has 0 aliphatic carbocycles. The highest BCUT2D eigenvalue weighted by atomic mass is 32.2. The first kappa shape index (κ1) is 16.8. The second-order valence-corrected chi connectivity index (χ2v) is 8.08. The quantitative estimate of drug-likeness (QED) is 0.851. The van der Waals surface area contributed by atoms with Gasteiger partial charge in [0, 0.05) is 13.1 Å². The summed E-state index contributed by atoms with van der Waals surface area (Å²) in [5.74, 6) is 0.505. The van der Waals surface area contributed by atoms with E-state index in [4.69, 9.17) is 0 Å². The van der Waals surface area contributed by atoms with Gasteiger partial charge in [-0.1, -0.05) is 24.6 Å². The smallest absolute Gasteiger partial charge is 0.243 e. The van der Waals surface area contributed by atoms with E-state index >= 15 is 0 Å². The predicted molar refractivity (Wildman–Crippen MR) is 88.3 cm³/mol. The van der Waals surface area contributed by atoms with Crippen molar-refractivity contribution < 1.29 is 13.2 Å². The van der Waals surface area contributed by atoms with Crippen molar-refractivity contribution in [2.45, 2.75) is 26.7 Å². The third kappa shape index (κ3) is 4.22. The minimum absolute atomic E-state index is 0.127. The molecular formula is C16H24N2O3S. The fraction of sp³-hybridized carbons (Fsp3) is 0.562. The van der Waals surface area contributed by atoms with Gasteiger partial charge in [-0.3, -0.25) is 9.10 Å². The summed E-state index contributed by atoms with van der Waals surface area (Å²) < 4.78 is 25.3. The molecule has 6 heteroatoms. The summed E-state index contributed by atoms with van der Waals surface area (Å²) >= 11 is 0. The van der Waals surface area contributed by atoms with E-state index in [0.717, 1.165) is 24.7 Å². The molecule has 1 aliphatic heterocycles. The van der Waals surface area contributed by atoms with E-state index in [0.29, 0.717) is 24.7 Å². The minimum Gasteiger partial charge on any atom is -0.341 e. The molecule has 2 rings (SSSR count). The lowest BCUT2D eigenvalue weighted by Crippen LogP contribution is -2.45. The van der Waals surface area contributed by atoms with E-state index < -0.39 is 10.0 Å². The van der Waals surface area contributed by atoms with Gasteiger partial charge in [-0.05, 0) is 37.8 Å². The largest absolute Gasteiger partial charge is 0.341 e. The zero-order valence-corrected chi connectivity index (χ0v) is 14.3. The molecular weight excluding hydrogens is 300 g/mol. The molecule has 0 aromatic heterocycles. The van der Waals surface area contributed by atoms with Crippen LogP contribution in [0.15, 0.2) is 24.3 Å². The molecule has 0 radical (unpaired) electrons. The number of benzene rings is 1. The summed E-state index contributed by atoms with van der Waals surface area (Å²) in [6, 6.07) is 7.17. The third-order valence-corrected chi connectivity index (χ3v) is 5.28. The zero-order valence-electron chi connectivity index (χ0n) is 13.4. The lowest BCUT2D eigenvalue weighted by molar-refractivity contribution is -0.130. The standard InChI is InChI=1S/C16H24N2O3S/c1-13-4-6-15(7-5-13)18(22(3,20)21)12-16(19)17-10-8-14(2)9-11-17/h4-7,14H,8-12H2,1-3H3. The molecule has 1 heterocycles. The maximum absolute atomic E-state index is 12.4. The molecule has 1 aliphatic rings. The molecule has 0 saturated carbocycles. The van der Waals surface area contributed by atoms with Gasteiger partial charge < -0.3 is 4.90 Å². The number of hydrogen-bond acceptors (Lipinski definition) is 3. The summed E-state index contributed by atoms with van der Waals surface area (Å²) in [6.45, 7) is 5.42. The Balaban J connectivity index is 2.14. The highest BCUT2D eigenvalue weighted by Crippen LogP contribution is 2.20. The van der Waals surface area contributed by atoms with Crippen LogP contribution < -0.4 is 4.31 Å². The van der Waals surface area contributed by atoms with Gasteiger partial charge in [0.15, 0.2) is 0 Å². The van der Waals surface area contributed by atoms with Gasteiger partial charge in [0.25, 0.3) is 0 Å². The molecule has 0 atom stereocenters. The predicted octanol–water partition coefficient (Wildman–Crippen LogP) is 2.02. The number of aryl methyl sites for hydroxylation is 1. The number of sulfonamides is 1. The lowest BCUT2D eigenvalue weighted by Gasteiger charge is -2.32. The van der Waals surface area contributed by atoms with Gasteiger partial charge in [-0.15, -0.1) is 0 Å². The van der Waals surface area contributed by atoms with Crippen molar-refractivity contribution in [3.05, 3.63) is 29.8 Å². The van der Waals surface area contributed by atoms with Gasteiger partial charge in [0.1, 0.15) is 6.54 Å². The maximum atomic E-state index is 12.4. The molecule has 1 aromatic carbocycles. The first-order chi connectivity index (χ1) is 10.3. The van der Waals surface area contributed by atoms with E-state index in [9.17, 15) is 13.2 Å². The van der Waals surface area contributed by atoms with Crippen molar-refractivity contribution in [1.82, 2.24) is 4.90 Å². The Kier molecular flexibility index (Phi) is 5.11. The fourth-order valence-corrected chi connectivity index (χ4v) is 3.44. The molecule has 0 spiro atoms. The Morgan fingerprint density at radius 3 is 2.27 bits per heavy atom. The molecule has 1 amide bonds. The molecule has 1 saturated heterocycles. The van der Waals surface area contributed by atoms with Crippen LogP contribution in [-0.2, 0) is 14.8 Å². The van der Waals surface area contributed by atoms with Crippen molar-refractivity contribution in [3.63, 3.8) is 0 Å². The maximum Gasteiger partial charge on any atom is 0.243 e. The minimum atomic E-state index is -3.49. The van der Waals surface area contributed by atoms with Crippen LogP contribution in [0.5, 0.6) is 0 Å². The number of nitrogens with zero attached hydrogens (tertiary/aromatic N) is 2. The average Bonchev–Trinajstić information content (AvgIpc) is 2.45. The number of carbonyl (C=O) groups excluding carboxylic acids is 1. The number of anilines is 1. The second kappa shape index (κ2) is 6.69. The Bertz CT molecular complexity index is 617. The van der Waals surface area contributed by atoms with Crippen molar-refractivity contribution in [2.75, 3.05) is 30.2 Å². The summed E-state index contributed by atoms with van der Waals surface area (Å²) in [5.41, 5.74) is 1.58. The Labute approximate surface area is 133 Å². The van der Waals surface area contributed by atoms with Gasteiger partial charge in [0.2, 0.25) is 15.9 Å². The third-order valence-electron chi connectivity index (χ3n) is 4.14. The highest BCUT2D eigenvalue weighted by Gasteiger charge is 2.26. The number of likely N-dealkylation sites (tertiary alicyclic amines) is 1. The van der Waals surface area contributed by atoms with Crippen LogP contribution in [0.4, 0.5) is 5.69 Å². The average molecular weight is 324 g/mol. The first-order valence-electron chi connectivity index (χ1n) is 7.59. The molecule has 0 N–H and O–H groups in total. The van der Waals surface area contributed by atoms with Crippen molar-refractivity contribution in [3.8, 4) is 0 Å². The van der Waals surface area contributed by atoms with E-state index in [1.54, 1.807) is 17.0 Å². The number of hydrogen-bond donors (Lipinski definition) is 0. The van der Waals surface area contributed by atoms with Crippen LogP contribution in [0.3, 0.4) is 0 Å². The van der Waals surface area contributed by atoms with Gasteiger partial charge in [0.05, 0.1) is 11.9 Å². The van der Waals surface area contributed by atoms with Gasteiger partial charge in [-0.25, -0.2) is 8.42 Å². The fourth-order valence-electron chi connectivity index (χ4n) is 2.59. The second-order valence-electron chi connectivity index (χ2n) is 6.17. The van der Waals surface area contributed by atoms with Crippen molar-refractivity contribution in [1.29, 1.82) is 0 Å². The first-order valence-corrected chi connectivity index (χ1v) is 9.44. The summed E-state index contributed by atoms with van der Waals surface area (Å²) in [4.78, 5) is 14.2. The molecule has 1 aromatic rings. The van der Waals surface area contributed by atoms with Crippen LogP contribution in [0, 0.1) is 12.8 Å². The van der Waals surface area contributed by atoms with E-state index in [-0.39, 0.29) is 12.5 Å². The summed E-state index contributed by atoms with van der Waals surface area (Å²) in [5, 5.41) is 0. The van der Waals surface area contributed by atoms with Crippen LogP contribution in [0.1, 0.15) is 25.3 Å². The zero-order chi connectivity index (χ0) is 16.3. The normalized spacial score (nSPS) is 16.6. The van der Waals surface area contributed by atoms with Crippen LogP contribution in [0.2, 0.25) is 0 Å². The van der Waals surface area contributed by atoms with Gasteiger partial charge in [-0.2, -0.15) is 0 Å². The molecule has 1 fully saturated rings. The molecule has 22 heavy (non-hydrogen) atoms. The lowest BCUT2D eigenvalue weighted by atomic mass is 9.99. The van der Waals surface area contributed by atoms with Crippen molar-refractivity contribution >= 4 is 21.6 Å².